The summed E-state index contributed by atoms with van der Waals surface area (Å²) in [4.78, 5) is 182. The van der Waals surface area contributed by atoms with E-state index in [0.717, 1.165) is 0 Å². The normalized spacial score (nSPS) is 17.2. The van der Waals surface area contributed by atoms with E-state index >= 15 is 0 Å². The molecule has 4 atom stereocenters. The fraction of sp³-hybridized carbons (Fsp3) is 0.492. The molecule has 2 unspecified atom stereocenters. The number of unbranched alkanes of at least 4 members (excludes halogenated alkanes) is 1. The summed E-state index contributed by atoms with van der Waals surface area (Å²) in [5.74, 6) is -16.0. The van der Waals surface area contributed by atoms with Crippen LogP contribution in [-0.2, 0) is 74.5 Å². The molecule has 10 N–H and O–H groups in total. The average Bonchev–Trinajstić information content (AvgIpc) is 1.70. The zero-order valence-electron chi connectivity index (χ0n) is 55.5. The molecule has 3 fully saturated rings. The van der Waals surface area contributed by atoms with Gasteiger partial charge in [0.2, 0.25) is 47.3 Å². The Morgan fingerprint density at radius 3 is 1.58 bits per heavy atom. The van der Waals surface area contributed by atoms with Gasteiger partial charge in [-0.2, -0.15) is 10.5 Å². The summed E-state index contributed by atoms with van der Waals surface area (Å²) in [6, 6.07) is 9.87. The number of ether oxygens (including phenoxy) is 1. The second kappa shape index (κ2) is 39.0. The summed E-state index contributed by atoms with van der Waals surface area (Å²) >= 11 is 0. The third kappa shape index (κ3) is 24.6. The van der Waals surface area contributed by atoms with Crippen LogP contribution in [0.4, 0.5) is 28.9 Å². The number of nitrogens with one attached hydrogen (secondary N) is 8. The maximum Gasteiger partial charge on any atom is 0.320 e. The van der Waals surface area contributed by atoms with Gasteiger partial charge in [-0.15, -0.1) is 0 Å². The van der Waals surface area contributed by atoms with Crippen LogP contribution in [0, 0.1) is 22.7 Å². The number of benzene rings is 2. The molecule has 0 aliphatic carbocycles. The molecule has 33 nitrogen and oxygen atoms in total. The van der Waals surface area contributed by atoms with Gasteiger partial charge >= 0.3 is 11.9 Å². The third-order valence-electron chi connectivity index (χ3n) is 16.9. The summed E-state index contributed by atoms with van der Waals surface area (Å²) in [7, 11) is 0. The monoisotopic (exact) mass is 1490 g/mol. The van der Waals surface area contributed by atoms with Crippen LogP contribution in [-0.4, -0.2) is 257 Å². The Labute approximate surface area is 596 Å². The number of fused-ring (bicyclic) bond motifs is 2. The standard InChI is InChI=1S/C65H77F4N17O16.Cu/c66-64(67)29-40(31-70)85(36-64)55(93)33-77-60(97)44-16-19-74-58-42(44)5-3-8-46(58)79-52(90)13-12-51(89)72-18-2-1-7-48(62(99)76-22-21-73-50(88)11-10-49(63(100)101)84-27-25-82(35-57(95)96)23-24-83(26-28-84)38-102-39-87)81-54(92)15-14-53(91)80-47-9-4-6-43-45(17-20-75-59(43)47)61(98)78-34-56(94)86-37-65(68,69)30-41(86)32-71;/h3-6,8-9,16-17,19-20,39-41,48-49H,1-2,7,10-15,18,21-30,33-38H2,(H,72,89)(H,73,88)(H,76,99)(H,77,97)(H,78,98)(H,79,90)(H,80,91)(H,81,92)(H,95,96)(H,100,101);/t40-,41-,48?,49?;/m0./s1/i;1+0. The van der Waals surface area contributed by atoms with Gasteiger partial charge in [-0.3, -0.25) is 87.0 Å². The summed E-state index contributed by atoms with van der Waals surface area (Å²) in [6.07, 6.45) is -0.578. The van der Waals surface area contributed by atoms with Gasteiger partial charge in [-0.1, -0.05) is 24.3 Å². The Kier molecular flexibility index (Phi) is 30.9. The number of halogens is 4. The predicted octanol–water partition coefficient (Wildman–Crippen LogP) is 0.269. The number of carboxylic acids is 2. The quantitative estimate of drug-likeness (QED) is 0.0130. The molecule has 2 aromatic heterocycles. The molecule has 103 heavy (non-hydrogen) atoms. The van der Waals surface area contributed by atoms with Crippen molar-refractivity contribution in [3.8, 4) is 12.1 Å². The Hall–Kier alpha value is -10.5. The molecule has 10 amide bonds. The Bertz CT molecular complexity index is 3880. The minimum atomic E-state index is -3.27. The summed E-state index contributed by atoms with van der Waals surface area (Å²) in [6.45, 7) is -2.33. The van der Waals surface area contributed by atoms with Gasteiger partial charge in [0.15, 0.2) is 0 Å². The number of alkyl halides is 4. The minimum Gasteiger partial charge on any atom is -0.480 e. The summed E-state index contributed by atoms with van der Waals surface area (Å²) in [5.41, 5.74) is 0.629. The van der Waals surface area contributed by atoms with Crippen molar-refractivity contribution in [2.24, 2.45) is 0 Å². The van der Waals surface area contributed by atoms with Crippen molar-refractivity contribution in [1.82, 2.24) is 66.4 Å². The molecule has 3 aliphatic heterocycles. The molecule has 0 bridgehead atoms. The largest absolute Gasteiger partial charge is 0.480 e. The number of pyridine rings is 2. The van der Waals surface area contributed by atoms with Crippen molar-refractivity contribution in [3.05, 3.63) is 72.1 Å². The average molecular weight is 1490 g/mol. The van der Waals surface area contributed by atoms with Crippen LogP contribution >= 0.6 is 0 Å². The van der Waals surface area contributed by atoms with Crippen LogP contribution in [0.25, 0.3) is 21.8 Å². The molecule has 557 valence electrons. The first-order valence-electron chi connectivity index (χ1n) is 32.5. The van der Waals surface area contributed by atoms with E-state index < -0.39 is 159 Å². The number of carbonyl (C=O) groups is 13. The van der Waals surface area contributed by atoms with Gasteiger partial charge in [-0.25, -0.2) is 17.6 Å². The molecule has 0 spiro atoms. The Balaban J connectivity index is 0.0000167. The number of para-hydroxylation sites is 2. The number of aliphatic carboxylic acids is 2. The van der Waals surface area contributed by atoms with Gasteiger partial charge in [0, 0.05) is 144 Å². The van der Waals surface area contributed by atoms with Crippen molar-refractivity contribution < 1.29 is 112 Å². The number of amides is 10. The maximum atomic E-state index is 14.0. The van der Waals surface area contributed by atoms with Gasteiger partial charge in [0.05, 0.1) is 78.4 Å². The Morgan fingerprint density at radius 2 is 1.07 bits per heavy atom. The molecule has 5 heterocycles. The fourth-order valence-electron chi connectivity index (χ4n) is 11.7. The van der Waals surface area contributed by atoms with Crippen molar-refractivity contribution >= 4 is 111 Å². The predicted molar refractivity (Wildman–Crippen MR) is 350 cm³/mol. The SMILES string of the molecule is N#C[C@@H]1CC(F)(F)CN1C(=O)CNC(=O)c1ccnc2c(NC(=O)CCC(=O)NCCCCC(NC(=O)CCC(=O)Nc3cccc4c(C(=O)NCC(=O)N5CC(F)(F)C[C@H]5C#N)ccnc34)C(=O)NCCNC(=O)CCC(C(=O)O)N3CCN(COC=O)CCN(CC(=O)O)CC3)cccc12.[64Cu]. The second-order valence-electron chi connectivity index (χ2n) is 24.3. The number of carbonyl (C=O) groups excluding carboxylic acids is 11. The zero-order valence-corrected chi connectivity index (χ0v) is 56.4. The first-order chi connectivity index (χ1) is 48.7. The van der Waals surface area contributed by atoms with Gasteiger partial charge in [0.25, 0.3) is 30.1 Å². The van der Waals surface area contributed by atoms with Crippen LogP contribution in [0.2, 0.25) is 0 Å². The molecule has 1 radical (unpaired) electrons. The molecule has 4 aromatic rings. The molecule has 38 heteroatoms. The van der Waals surface area contributed by atoms with E-state index in [-0.39, 0.29) is 172 Å². The van der Waals surface area contributed by atoms with E-state index in [1.807, 2.05) is 0 Å². The zero-order chi connectivity index (χ0) is 74.1. The van der Waals surface area contributed by atoms with E-state index in [1.54, 1.807) is 26.8 Å². The van der Waals surface area contributed by atoms with E-state index in [0.29, 0.717) is 22.9 Å². The van der Waals surface area contributed by atoms with Crippen LogP contribution < -0.4 is 42.5 Å². The number of hydrogen-bond donors (Lipinski definition) is 10. The summed E-state index contributed by atoms with van der Waals surface area (Å²) < 4.78 is 60.8. The molecular formula is C65H77CuF4N17O16. The maximum absolute atomic E-state index is 14.0. The van der Waals surface area contributed by atoms with Crippen molar-refractivity contribution in [3.63, 3.8) is 0 Å². The summed E-state index contributed by atoms with van der Waals surface area (Å²) in [5, 5.41) is 59.4. The van der Waals surface area contributed by atoms with Crippen molar-refractivity contribution in [2.75, 3.05) is 109 Å². The first kappa shape index (κ1) is 81.4. The van der Waals surface area contributed by atoms with Gasteiger partial charge in [-0.05, 0) is 49.9 Å². The fourth-order valence-corrected chi connectivity index (χ4v) is 11.7. The van der Waals surface area contributed by atoms with Gasteiger partial charge < -0.3 is 67.3 Å². The number of likely N-dealkylation sites (tertiary alicyclic amines) is 2. The number of nitriles is 2. The smallest absolute Gasteiger partial charge is 0.320 e. The van der Waals surface area contributed by atoms with Crippen LogP contribution in [0.15, 0.2) is 60.9 Å². The number of aromatic nitrogens is 2. The molecule has 3 saturated heterocycles. The van der Waals surface area contributed by atoms with Gasteiger partial charge in [0.1, 0.15) is 30.9 Å². The van der Waals surface area contributed by atoms with Crippen molar-refractivity contribution in [1.29, 1.82) is 10.5 Å². The number of anilines is 2. The molecule has 2 aromatic carbocycles. The number of nitrogens with zero attached hydrogens (tertiary/aromatic N) is 9. The van der Waals surface area contributed by atoms with E-state index in [4.69, 9.17) is 4.74 Å². The van der Waals surface area contributed by atoms with E-state index in [9.17, 15) is 101 Å². The molecule has 7 rings (SSSR count). The van der Waals surface area contributed by atoms with Crippen molar-refractivity contribution in [2.45, 2.75) is 107 Å². The van der Waals surface area contributed by atoms with E-state index in [2.05, 4.69) is 52.5 Å². The topological polar surface area (TPSA) is 457 Å². The number of rotatable bonds is 34. The number of hydrogen-bond acceptors (Lipinski definition) is 21. The second-order valence-corrected chi connectivity index (χ2v) is 24.3. The number of carboxylic acid groups (broad SMARTS) is 2. The van der Waals surface area contributed by atoms with E-state index in [1.165, 1.54) is 60.9 Å². The van der Waals surface area contributed by atoms with Crippen LogP contribution in [0.5, 0.6) is 0 Å². The molecular weight excluding hydrogens is 1410 g/mol. The minimum absolute atomic E-state index is 0. The molecule has 3 aliphatic rings. The van der Waals surface area contributed by atoms with Crippen LogP contribution in [0.1, 0.15) is 91.3 Å². The first-order valence-corrected chi connectivity index (χ1v) is 32.5. The van der Waals surface area contributed by atoms with Crippen LogP contribution in [0.3, 0.4) is 0 Å². The molecule has 0 saturated carbocycles. The Morgan fingerprint density at radius 1 is 0.592 bits per heavy atom. The third-order valence-corrected chi connectivity index (χ3v) is 16.9.